The van der Waals surface area contributed by atoms with E-state index in [1.54, 1.807) is 23.5 Å². The van der Waals surface area contributed by atoms with Gasteiger partial charge in [0.1, 0.15) is 0 Å². The number of hydrogen-bond donors (Lipinski definition) is 0. The smallest absolute Gasteiger partial charge is 0.0998 e. The molecule has 0 saturated carbocycles. The van der Waals surface area contributed by atoms with Gasteiger partial charge in [-0.15, -0.1) is 11.3 Å². The second-order valence-electron chi connectivity index (χ2n) is 5.08. The third kappa shape index (κ3) is 3.96. The van der Waals surface area contributed by atoms with Crippen molar-refractivity contribution in [2.24, 2.45) is 5.92 Å². The van der Waals surface area contributed by atoms with Crippen molar-refractivity contribution in [2.45, 2.75) is 20.3 Å². The number of thiophene rings is 1. The molecule has 0 saturated heterocycles. The topological polar surface area (TPSA) is 23.8 Å². The van der Waals surface area contributed by atoms with Crippen LogP contribution in [0.25, 0.3) is 11.6 Å². The van der Waals surface area contributed by atoms with E-state index < -0.39 is 0 Å². The van der Waals surface area contributed by atoms with Gasteiger partial charge < -0.3 is 0 Å². The number of halogens is 1. The van der Waals surface area contributed by atoms with E-state index in [2.05, 4.69) is 32.0 Å². The molecular weight excluding hydrogens is 286 g/mol. The Balaban J connectivity index is 2.25. The van der Waals surface area contributed by atoms with Gasteiger partial charge >= 0.3 is 0 Å². The Hall–Kier alpha value is -1.56. The number of nitrogens with zero attached hydrogens (tertiary/aromatic N) is 1. The average Bonchev–Trinajstić information content (AvgIpc) is 2.83. The molecule has 3 heteroatoms. The summed E-state index contributed by atoms with van der Waals surface area (Å²) in [5.74, 6) is 0.650. The van der Waals surface area contributed by atoms with Gasteiger partial charge in [0.2, 0.25) is 0 Å². The standard InChI is InChI=1S/C17H16ClNS/c1-12(2)9-16-7-8-17(20-16)10-14(11-19)13-3-5-15(18)6-4-13/h3-8,10,12H,9H2,1-2H3/b14-10+. The van der Waals surface area contributed by atoms with Crippen LogP contribution >= 0.6 is 22.9 Å². The largest absolute Gasteiger partial charge is 0.192 e. The summed E-state index contributed by atoms with van der Waals surface area (Å²) in [6, 6.07) is 13.8. The second kappa shape index (κ2) is 6.74. The first-order valence-electron chi connectivity index (χ1n) is 6.55. The first-order valence-corrected chi connectivity index (χ1v) is 7.74. The third-order valence-corrected chi connectivity index (χ3v) is 4.16. The first kappa shape index (κ1) is 14.8. The summed E-state index contributed by atoms with van der Waals surface area (Å²) < 4.78 is 0. The number of rotatable bonds is 4. The van der Waals surface area contributed by atoms with Crippen molar-refractivity contribution in [3.8, 4) is 6.07 Å². The minimum atomic E-state index is 0.650. The predicted molar refractivity (Wildman–Crippen MR) is 87.8 cm³/mol. The highest BCUT2D eigenvalue weighted by Crippen LogP contribution is 2.25. The fraction of sp³-hybridized carbons (Fsp3) is 0.235. The molecule has 1 aromatic heterocycles. The van der Waals surface area contributed by atoms with Crippen molar-refractivity contribution in [2.75, 3.05) is 0 Å². The lowest BCUT2D eigenvalue weighted by molar-refractivity contribution is 0.654. The van der Waals surface area contributed by atoms with Crippen LogP contribution < -0.4 is 0 Å². The fourth-order valence-electron chi connectivity index (χ4n) is 1.94. The summed E-state index contributed by atoms with van der Waals surface area (Å²) >= 11 is 7.62. The van der Waals surface area contributed by atoms with Crippen LogP contribution in [0.15, 0.2) is 36.4 Å². The van der Waals surface area contributed by atoms with Gasteiger partial charge in [0.05, 0.1) is 11.6 Å². The number of hydrogen-bond acceptors (Lipinski definition) is 2. The molecule has 2 aromatic rings. The molecule has 0 aliphatic carbocycles. The Kier molecular flexibility index (Phi) is 5.00. The molecule has 0 spiro atoms. The minimum absolute atomic E-state index is 0.650. The Morgan fingerprint density at radius 3 is 2.55 bits per heavy atom. The highest BCUT2D eigenvalue weighted by Gasteiger charge is 2.04. The van der Waals surface area contributed by atoms with Crippen LogP contribution in [0, 0.1) is 17.2 Å². The van der Waals surface area contributed by atoms with Gasteiger partial charge in [0.25, 0.3) is 0 Å². The van der Waals surface area contributed by atoms with Crippen LogP contribution in [-0.2, 0) is 6.42 Å². The molecule has 20 heavy (non-hydrogen) atoms. The monoisotopic (exact) mass is 301 g/mol. The van der Waals surface area contributed by atoms with Crippen LogP contribution in [0.3, 0.4) is 0 Å². The zero-order chi connectivity index (χ0) is 14.5. The van der Waals surface area contributed by atoms with Crippen LogP contribution in [0.1, 0.15) is 29.2 Å². The highest BCUT2D eigenvalue weighted by molar-refractivity contribution is 7.12. The average molecular weight is 302 g/mol. The van der Waals surface area contributed by atoms with E-state index in [0.717, 1.165) is 16.9 Å². The van der Waals surface area contributed by atoms with E-state index >= 15 is 0 Å². The zero-order valence-corrected chi connectivity index (χ0v) is 13.1. The van der Waals surface area contributed by atoms with Crippen molar-refractivity contribution in [3.63, 3.8) is 0 Å². The van der Waals surface area contributed by atoms with Gasteiger partial charge in [-0.3, -0.25) is 0 Å². The van der Waals surface area contributed by atoms with E-state index in [1.165, 1.54) is 4.88 Å². The van der Waals surface area contributed by atoms with Crippen molar-refractivity contribution in [3.05, 3.63) is 56.7 Å². The maximum absolute atomic E-state index is 9.32. The molecule has 0 N–H and O–H groups in total. The molecule has 0 aliphatic heterocycles. The molecule has 0 amide bonds. The Labute approximate surface area is 129 Å². The highest BCUT2D eigenvalue weighted by atomic mass is 35.5. The van der Waals surface area contributed by atoms with Crippen LogP contribution in [0.5, 0.6) is 0 Å². The molecule has 2 rings (SSSR count). The van der Waals surface area contributed by atoms with Crippen LogP contribution in [0.2, 0.25) is 5.02 Å². The molecule has 0 radical (unpaired) electrons. The molecule has 0 unspecified atom stereocenters. The van der Waals surface area contributed by atoms with Crippen molar-refractivity contribution in [1.29, 1.82) is 5.26 Å². The molecule has 0 aliphatic rings. The zero-order valence-electron chi connectivity index (χ0n) is 11.6. The molecule has 1 aromatic carbocycles. The van der Waals surface area contributed by atoms with Gasteiger partial charge in [0, 0.05) is 14.8 Å². The number of allylic oxidation sites excluding steroid dienone is 1. The fourth-order valence-corrected chi connectivity index (χ4v) is 3.23. The maximum atomic E-state index is 9.32. The number of nitriles is 1. The van der Waals surface area contributed by atoms with E-state index in [-0.39, 0.29) is 0 Å². The summed E-state index contributed by atoms with van der Waals surface area (Å²) in [6.07, 6.45) is 3.03. The SMILES string of the molecule is CC(C)Cc1ccc(/C=C(\C#N)c2ccc(Cl)cc2)s1. The lowest BCUT2D eigenvalue weighted by Gasteiger charge is -2.00. The summed E-state index contributed by atoms with van der Waals surface area (Å²) in [7, 11) is 0. The molecule has 102 valence electrons. The summed E-state index contributed by atoms with van der Waals surface area (Å²) in [5.41, 5.74) is 1.57. The van der Waals surface area contributed by atoms with Gasteiger partial charge in [-0.2, -0.15) is 5.26 Å². The third-order valence-electron chi connectivity index (χ3n) is 2.85. The Bertz CT molecular complexity index is 644. The van der Waals surface area contributed by atoms with E-state index in [1.807, 2.05) is 18.2 Å². The quantitative estimate of drug-likeness (QED) is 0.668. The number of benzene rings is 1. The normalized spacial score (nSPS) is 11.7. The van der Waals surface area contributed by atoms with Gasteiger partial charge in [-0.05, 0) is 48.2 Å². The van der Waals surface area contributed by atoms with E-state index in [0.29, 0.717) is 16.5 Å². The summed E-state index contributed by atoms with van der Waals surface area (Å²) in [4.78, 5) is 2.48. The lowest BCUT2D eigenvalue weighted by Crippen LogP contribution is -1.89. The Morgan fingerprint density at radius 1 is 1.25 bits per heavy atom. The van der Waals surface area contributed by atoms with Crippen LogP contribution in [0.4, 0.5) is 0 Å². The van der Waals surface area contributed by atoms with Crippen molar-refractivity contribution in [1.82, 2.24) is 0 Å². The maximum Gasteiger partial charge on any atom is 0.0998 e. The van der Waals surface area contributed by atoms with Gasteiger partial charge in [-0.1, -0.05) is 37.6 Å². The predicted octanol–water partition coefficient (Wildman–Crippen LogP) is 5.66. The van der Waals surface area contributed by atoms with E-state index in [4.69, 9.17) is 11.6 Å². The van der Waals surface area contributed by atoms with Gasteiger partial charge in [0.15, 0.2) is 0 Å². The van der Waals surface area contributed by atoms with Crippen LogP contribution in [-0.4, -0.2) is 0 Å². The van der Waals surface area contributed by atoms with Crippen molar-refractivity contribution < 1.29 is 0 Å². The second-order valence-corrected chi connectivity index (χ2v) is 6.72. The minimum Gasteiger partial charge on any atom is -0.192 e. The first-order chi connectivity index (χ1) is 9.58. The molecule has 0 bridgehead atoms. The van der Waals surface area contributed by atoms with Crippen molar-refractivity contribution >= 4 is 34.6 Å². The van der Waals surface area contributed by atoms with Gasteiger partial charge in [-0.25, -0.2) is 0 Å². The Morgan fingerprint density at radius 2 is 1.95 bits per heavy atom. The molecule has 0 atom stereocenters. The molecule has 1 nitrogen and oxygen atoms in total. The molecule has 1 heterocycles. The summed E-state index contributed by atoms with van der Waals surface area (Å²) in [6.45, 7) is 4.42. The van der Waals surface area contributed by atoms with E-state index in [9.17, 15) is 5.26 Å². The molecular formula is C17H16ClNS. The lowest BCUT2D eigenvalue weighted by atomic mass is 10.1. The molecule has 0 fully saturated rings. The summed E-state index contributed by atoms with van der Waals surface area (Å²) in [5, 5.41) is 10.00.